The molecule has 0 saturated heterocycles. The van der Waals surface area contributed by atoms with Crippen molar-refractivity contribution in [2.24, 2.45) is 0 Å². The van der Waals surface area contributed by atoms with Crippen LogP contribution in [0.25, 0.3) is 0 Å². The monoisotopic (exact) mass is 348 g/mol. The molecule has 2 aromatic rings. The highest BCUT2D eigenvalue weighted by Crippen LogP contribution is 2.26. The fraction of sp³-hybridized carbons (Fsp3) is 0.188. The Bertz CT molecular complexity index is 602. The van der Waals surface area contributed by atoms with E-state index in [1.807, 2.05) is 55.6 Å². The van der Waals surface area contributed by atoms with Crippen LogP contribution in [-0.4, -0.2) is 19.6 Å². The van der Waals surface area contributed by atoms with Crippen molar-refractivity contribution in [1.82, 2.24) is 5.32 Å². The van der Waals surface area contributed by atoms with E-state index < -0.39 is 0 Å². The molecule has 0 saturated carbocycles. The van der Waals surface area contributed by atoms with Gasteiger partial charge in [0.2, 0.25) is 0 Å². The average molecular weight is 349 g/mol. The number of amides is 1. The minimum absolute atomic E-state index is 0.0289. The third-order valence-electron chi connectivity index (χ3n) is 2.79. The summed E-state index contributed by atoms with van der Waals surface area (Å²) >= 11 is 3.45. The molecule has 0 radical (unpaired) electrons. The number of ether oxygens (including phenoxy) is 1. The van der Waals surface area contributed by atoms with Gasteiger partial charge in [0.15, 0.2) is 6.61 Å². The first-order valence-electron chi connectivity index (χ1n) is 6.60. The molecule has 0 aliphatic heterocycles. The summed E-state index contributed by atoms with van der Waals surface area (Å²) in [7, 11) is 1.90. The van der Waals surface area contributed by atoms with Gasteiger partial charge >= 0.3 is 0 Å². The molecule has 0 atom stereocenters. The Morgan fingerprint density at radius 3 is 2.62 bits per heavy atom. The van der Waals surface area contributed by atoms with Gasteiger partial charge < -0.3 is 15.4 Å². The molecule has 0 aromatic heterocycles. The normalized spacial score (nSPS) is 10.2. The van der Waals surface area contributed by atoms with Gasteiger partial charge in [-0.25, -0.2) is 0 Å². The SMILES string of the molecule is CNCc1ccc(OCC(=O)Nc2ccccc2)c(Br)c1. The molecular weight excluding hydrogens is 332 g/mol. The lowest BCUT2D eigenvalue weighted by molar-refractivity contribution is -0.118. The topological polar surface area (TPSA) is 50.4 Å². The van der Waals surface area contributed by atoms with Gasteiger partial charge in [0.1, 0.15) is 5.75 Å². The second kappa shape index (κ2) is 7.81. The number of benzene rings is 2. The third kappa shape index (κ3) is 4.88. The van der Waals surface area contributed by atoms with Crippen LogP contribution in [-0.2, 0) is 11.3 Å². The molecule has 0 unspecified atom stereocenters. The highest BCUT2D eigenvalue weighted by molar-refractivity contribution is 9.10. The highest BCUT2D eigenvalue weighted by atomic mass is 79.9. The van der Waals surface area contributed by atoms with Crippen molar-refractivity contribution >= 4 is 27.5 Å². The van der Waals surface area contributed by atoms with E-state index in [0.717, 1.165) is 22.3 Å². The second-order valence-electron chi connectivity index (χ2n) is 4.50. The number of carbonyl (C=O) groups is 1. The predicted molar refractivity (Wildman–Crippen MR) is 87.5 cm³/mol. The zero-order valence-corrected chi connectivity index (χ0v) is 13.3. The van der Waals surface area contributed by atoms with Crippen LogP contribution in [0.5, 0.6) is 5.75 Å². The Morgan fingerprint density at radius 2 is 1.95 bits per heavy atom. The van der Waals surface area contributed by atoms with Crippen LogP contribution < -0.4 is 15.4 Å². The van der Waals surface area contributed by atoms with Crippen LogP contribution in [0.2, 0.25) is 0 Å². The average Bonchev–Trinajstić information content (AvgIpc) is 2.48. The van der Waals surface area contributed by atoms with Gasteiger partial charge in [-0.2, -0.15) is 0 Å². The summed E-state index contributed by atoms with van der Waals surface area (Å²) in [6.07, 6.45) is 0. The Hall–Kier alpha value is -1.85. The number of hydrogen-bond acceptors (Lipinski definition) is 3. The molecule has 2 aromatic carbocycles. The lowest BCUT2D eigenvalue weighted by Gasteiger charge is -2.10. The van der Waals surface area contributed by atoms with Crippen molar-refractivity contribution in [2.45, 2.75) is 6.54 Å². The Balaban J connectivity index is 1.89. The lowest BCUT2D eigenvalue weighted by Crippen LogP contribution is -2.20. The van der Waals surface area contributed by atoms with Gasteiger partial charge in [-0.3, -0.25) is 4.79 Å². The summed E-state index contributed by atoms with van der Waals surface area (Å²) in [5.41, 5.74) is 1.90. The molecule has 0 heterocycles. The van der Waals surface area contributed by atoms with Crippen molar-refractivity contribution in [1.29, 1.82) is 0 Å². The molecule has 21 heavy (non-hydrogen) atoms. The minimum Gasteiger partial charge on any atom is -0.483 e. The molecule has 5 heteroatoms. The van der Waals surface area contributed by atoms with E-state index in [-0.39, 0.29) is 12.5 Å². The summed E-state index contributed by atoms with van der Waals surface area (Å²) < 4.78 is 6.36. The molecule has 1 amide bonds. The zero-order chi connectivity index (χ0) is 15.1. The summed E-state index contributed by atoms with van der Waals surface area (Å²) in [6.45, 7) is 0.756. The van der Waals surface area contributed by atoms with Gasteiger partial charge in [-0.15, -0.1) is 0 Å². The molecule has 110 valence electrons. The van der Waals surface area contributed by atoms with E-state index >= 15 is 0 Å². The van der Waals surface area contributed by atoms with Crippen LogP contribution in [0.3, 0.4) is 0 Å². The quantitative estimate of drug-likeness (QED) is 0.842. The first-order chi connectivity index (χ1) is 10.2. The van der Waals surface area contributed by atoms with Crippen molar-refractivity contribution in [3.05, 3.63) is 58.6 Å². The maximum absolute atomic E-state index is 11.8. The Labute approximate surface area is 132 Å². The van der Waals surface area contributed by atoms with E-state index in [2.05, 4.69) is 26.6 Å². The van der Waals surface area contributed by atoms with Gasteiger partial charge in [-0.05, 0) is 52.8 Å². The van der Waals surface area contributed by atoms with E-state index in [9.17, 15) is 4.79 Å². The van der Waals surface area contributed by atoms with Gasteiger partial charge in [0, 0.05) is 12.2 Å². The fourth-order valence-electron chi connectivity index (χ4n) is 1.84. The number of halogens is 1. The maximum Gasteiger partial charge on any atom is 0.262 e. The van der Waals surface area contributed by atoms with Crippen LogP contribution in [0, 0.1) is 0 Å². The predicted octanol–water partition coefficient (Wildman–Crippen LogP) is 3.19. The standard InChI is InChI=1S/C16H17BrN2O2/c1-18-10-12-7-8-15(14(17)9-12)21-11-16(20)19-13-5-3-2-4-6-13/h2-9,18H,10-11H2,1H3,(H,19,20). The van der Waals surface area contributed by atoms with Crippen LogP contribution >= 0.6 is 15.9 Å². The number of carbonyl (C=O) groups excluding carboxylic acids is 1. The van der Waals surface area contributed by atoms with E-state index in [0.29, 0.717) is 5.75 Å². The van der Waals surface area contributed by atoms with Gasteiger partial charge in [0.25, 0.3) is 5.91 Å². The van der Waals surface area contributed by atoms with Crippen LogP contribution in [0.1, 0.15) is 5.56 Å². The zero-order valence-electron chi connectivity index (χ0n) is 11.7. The molecule has 0 spiro atoms. The lowest BCUT2D eigenvalue weighted by atomic mass is 10.2. The molecule has 0 bridgehead atoms. The number of para-hydroxylation sites is 1. The summed E-state index contributed by atoms with van der Waals surface area (Å²) in [4.78, 5) is 11.8. The second-order valence-corrected chi connectivity index (χ2v) is 5.35. The third-order valence-corrected chi connectivity index (χ3v) is 3.41. The number of rotatable bonds is 6. The summed E-state index contributed by atoms with van der Waals surface area (Å²) in [5, 5.41) is 5.86. The van der Waals surface area contributed by atoms with Crippen LogP contribution in [0.15, 0.2) is 53.0 Å². The van der Waals surface area contributed by atoms with Crippen molar-refractivity contribution in [3.8, 4) is 5.75 Å². The largest absolute Gasteiger partial charge is 0.483 e. The number of nitrogens with one attached hydrogen (secondary N) is 2. The van der Waals surface area contributed by atoms with E-state index in [1.165, 1.54) is 0 Å². The Kier molecular flexibility index (Phi) is 5.78. The molecule has 0 aliphatic carbocycles. The molecular formula is C16H17BrN2O2. The molecule has 4 nitrogen and oxygen atoms in total. The molecule has 0 fully saturated rings. The van der Waals surface area contributed by atoms with E-state index in [4.69, 9.17) is 4.74 Å². The first-order valence-corrected chi connectivity index (χ1v) is 7.39. The first kappa shape index (κ1) is 15.5. The number of hydrogen-bond donors (Lipinski definition) is 2. The molecule has 2 N–H and O–H groups in total. The Morgan fingerprint density at radius 1 is 1.19 bits per heavy atom. The van der Waals surface area contributed by atoms with Gasteiger partial charge in [0.05, 0.1) is 4.47 Å². The fourth-order valence-corrected chi connectivity index (χ4v) is 2.38. The summed E-state index contributed by atoms with van der Waals surface area (Å²) in [5.74, 6) is 0.463. The van der Waals surface area contributed by atoms with Crippen molar-refractivity contribution in [2.75, 3.05) is 19.0 Å². The van der Waals surface area contributed by atoms with E-state index in [1.54, 1.807) is 0 Å². The summed E-state index contributed by atoms with van der Waals surface area (Å²) in [6, 6.07) is 15.1. The smallest absolute Gasteiger partial charge is 0.262 e. The molecule has 0 aliphatic rings. The van der Waals surface area contributed by atoms with Gasteiger partial charge in [-0.1, -0.05) is 24.3 Å². The van der Waals surface area contributed by atoms with Crippen LogP contribution in [0.4, 0.5) is 5.69 Å². The maximum atomic E-state index is 11.8. The minimum atomic E-state index is -0.188. The van der Waals surface area contributed by atoms with Crippen molar-refractivity contribution in [3.63, 3.8) is 0 Å². The number of anilines is 1. The highest BCUT2D eigenvalue weighted by Gasteiger charge is 2.06. The van der Waals surface area contributed by atoms with Crippen molar-refractivity contribution < 1.29 is 9.53 Å². The molecule has 2 rings (SSSR count).